The molecule has 2 rings (SSSR count). The predicted octanol–water partition coefficient (Wildman–Crippen LogP) is 2.47. The zero-order valence-corrected chi connectivity index (χ0v) is 16.0. The molecule has 1 aliphatic carbocycles. The summed E-state index contributed by atoms with van der Waals surface area (Å²) in [6, 6.07) is 7.13. The van der Waals surface area contributed by atoms with Crippen LogP contribution < -0.4 is 10.1 Å². The summed E-state index contributed by atoms with van der Waals surface area (Å²) < 4.78 is 31.0. The molecule has 1 fully saturated rings. The van der Waals surface area contributed by atoms with Gasteiger partial charge in [-0.25, -0.2) is 8.42 Å². The van der Waals surface area contributed by atoms with Crippen molar-refractivity contribution < 1.29 is 17.9 Å². The molecule has 0 radical (unpaired) electrons. The van der Waals surface area contributed by atoms with Crippen LogP contribution in [0.4, 0.5) is 0 Å². The molecule has 1 N–H and O–H groups in total. The summed E-state index contributed by atoms with van der Waals surface area (Å²) in [7, 11) is -1.84. The zero-order valence-electron chi connectivity index (χ0n) is 15.2. The lowest BCUT2D eigenvalue weighted by Gasteiger charge is -2.32. The van der Waals surface area contributed by atoms with Crippen molar-refractivity contribution in [2.45, 2.75) is 51.1 Å². The number of nitrogens with one attached hydrogen (secondary N) is 1. The number of carbonyl (C=O) groups excluding carboxylic acids is 1. The zero-order chi connectivity index (χ0) is 18.4. The Kier molecular flexibility index (Phi) is 6.84. The fourth-order valence-electron chi connectivity index (χ4n) is 3.42. The second-order valence-corrected chi connectivity index (χ2v) is 8.57. The van der Waals surface area contributed by atoms with Crippen molar-refractivity contribution in [1.82, 2.24) is 9.62 Å². The summed E-state index contributed by atoms with van der Waals surface area (Å²) >= 11 is 0. The van der Waals surface area contributed by atoms with E-state index in [0.717, 1.165) is 37.7 Å². The standard InChI is InChI=1S/C18H28N2O4S/c1-14(16-11-7-8-12-17(16)24-2)19-18(21)13-20(25(3,22)23)15-9-5-4-6-10-15/h7-8,11-12,14-15H,4-6,9-10,13H2,1-3H3,(H,19,21). The van der Waals surface area contributed by atoms with Gasteiger partial charge in [0, 0.05) is 11.6 Å². The molecule has 140 valence electrons. The summed E-state index contributed by atoms with van der Waals surface area (Å²) in [5, 5.41) is 2.89. The van der Waals surface area contributed by atoms with Crippen LogP contribution in [0.15, 0.2) is 24.3 Å². The Morgan fingerprint density at radius 2 is 1.92 bits per heavy atom. The van der Waals surface area contributed by atoms with E-state index in [0.29, 0.717) is 5.75 Å². The van der Waals surface area contributed by atoms with Gasteiger partial charge in [-0.15, -0.1) is 0 Å². The number of ether oxygens (including phenoxy) is 1. The lowest BCUT2D eigenvalue weighted by Crippen LogP contribution is -2.47. The minimum Gasteiger partial charge on any atom is -0.496 e. The number of para-hydroxylation sites is 1. The second-order valence-electron chi connectivity index (χ2n) is 6.63. The van der Waals surface area contributed by atoms with E-state index in [1.165, 1.54) is 10.6 Å². The third-order valence-electron chi connectivity index (χ3n) is 4.69. The second kappa shape index (κ2) is 8.67. The number of amides is 1. The van der Waals surface area contributed by atoms with Gasteiger partial charge in [0.1, 0.15) is 5.75 Å². The fourth-order valence-corrected chi connectivity index (χ4v) is 4.52. The molecule has 1 unspecified atom stereocenters. The highest BCUT2D eigenvalue weighted by Gasteiger charge is 2.30. The number of nitrogens with zero attached hydrogens (tertiary/aromatic N) is 1. The smallest absolute Gasteiger partial charge is 0.235 e. The molecular weight excluding hydrogens is 340 g/mol. The molecule has 25 heavy (non-hydrogen) atoms. The Morgan fingerprint density at radius 1 is 1.28 bits per heavy atom. The minimum atomic E-state index is -3.43. The minimum absolute atomic E-state index is 0.0731. The van der Waals surface area contributed by atoms with Crippen LogP contribution in [0.5, 0.6) is 5.75 Å². The van der Waals surface area contributed by atoms with Gasteiger partial charge in [-0.1, -0.05) is 37.5 Å². The van der Waals surface area contributed by atoms with E-state index in [9.17, 15) is 13.2 Å². The van der Waals surface area contributed by atoms with Crippen LogP contribution >= 0.6 is 0 Å². The van der Waals surface area contributed by atoms with E-state index in [2.05, 4.69) is 5.32 Å². The van der Waals surface area contributed by atoms with Gasteiger partial charge >= 0.3 is 0 Å². The fraction of sp³-hybridized carbons (Fsp3) is 0.611. The summed E-state index contributed by atoms with van der Waals surface area (Å²) in [5.41, 5.74) is 0.863. The van der Waals surface area contributed by atoms with E-state index in [1.54, 1.807) is 7.11 Å². The lowest BCUT2D eigenvalue weighted by molar-refractivity contribution is -0.122. The van der Waals surface area contributed by atoms with E-state index < -0.39 is 10.0 Å². The van der Waals surface area contributed by atoms with Gasteiger partial charge in [0.05, 0.1) is 26.0 Å². The first-order valence-corrected chi connectivity index (χ1v) is 10.6. The SMILES string of the molecule is COc1ccccc1C(C)NC(=O)CN(C1CCCCC1)S(C)(=O)=O. The Hall–Kier alpha value is -1.60. The summed E-state index contributed by atoms with van der Waals surface area (Å²) in [4.78, 5) is 12.5. The first kappa shape index (κ1) is 19.7. The molecule has 1 saturated carbocycles. The average molecular weight is 368 g/mol. The molecule has 0 bridgehead atoms. The number of methoxy groups -OCH3 is 1. The van der Waals surface area contributed by atoms with Gasteiger partial charge < -0.3 is 10.1 Å². The summed E-state index contributed by atoms with van der Waals surface area (Å²) in [6.07, 6.45) is 5.97. The van der Waals surface area contributed by atoms with E-state index in [-0.39, 0.29) is 24.5 Å². The van der Waals surface area contributed by atoms with Crippen LogP contribution in [0.3, 0.4) is 0 Å². The molecular formula is C18H28N2O4S. The number of hydrogen-bond acceptors (Lipinski definition) is 4. The van der Waals surface area contributed by atoms with E-state index >= 15 is 0 Å². The first-order valence-electron chi connectivity index (χ1n) is 8.72. The number of sulfonamides is 1. The molecule has 1 amide bonds. The molecule has 0 heterocycles. The summed E-state index contributed by atoms with van der Waals surface area (Å²) in [5.74, 6) is 0.400. The molecule has 1 atom stereocenters. The highest BCUT2D eigenvalue weighted by atomic mass is 32.2. The van der Waals surface area contributed by atoms with E-state index in [4.69, 9.17) is 4.74 Å². The first-order chi connectivity index (χ1) is 11.8. The van der Waals surface area contributed by atoms with Gasteiger partial charge in [0.15, 0.2) is 0 Å². The molecule has 0 saturated heterocycles. The van der Waals surface area contributed by atoms with Gasteiger partial charge in [0.25, 0.3) is 0 Å². The van der Waals surface area contributed by atoms with Gasteiger partial charge in [-0.05, 0) is 25.8 Å². The van der Waals surface area contributed by atoms with Crippen LogP contribution in [0.1, 0.15) is 50.6 Å². The van der Waals surface area contributed by atoms with Crippen LogP contribution in [-0.4, -0.2) is 44.6 Å². The third-order valence-corrected chi connectivity index (χ3v) is 5.97. The normalized spacial score (nSPS) is 17.3. The van der Waals surface area contributed by atoms with Gasteiger partial charge in [-0.3, -0.25) is 4.79 Å². The van der Waals surface area contributed by atoms with Crippen molar-refractivity contribution in [3.63, 3.8) is 0 Å². The Bertz CT molecular complexity index is 684. The topological polar surface area (TPSA) is 75.7 Å². The molecule has 1 aromatic rings. The maximum absolute atomic E-state index is 12.5. The van der Waals surface area contributed by atoms with E-state index in [1.807, 2.05) is 31.2 Å². The maximum atomic E-state index is 12.5. The largest absolute Gasteiger partial charge is 0.496 e. The number of hydrogen-bond donors (Lipinski definition) is 1. The predicted molar refractivity (Wildman–Crippen MR) is 98.0 cm³/mol. The quantitative estimate of drug-likeness (QED) is 0.802. The molecule has 0 aliphatic heterocycles. The molecule has 7 heteroatoms. The summed E-state index contributed by atoms with van der Waals surface area (Å²) in [6.45, 7) is 1.73. The highest BCUT2D eigenvalue weighted by molar-refractivity contribution is 7.88. The van der Waals surface area contributed by atoms with Gasteiger partial charge in [-0.2, -0.15) is 4.31 Å². The Morgan fingerprint density at radius 3 is 2.52 bits per heavy atom. The third kappa shape index (κ3) is 5.44. The molecule has 0 aromatic heterocycles. The van der Waals surface area contributed by atoms with Crippen LogP contribution in [-0.2, 0) is 14.8 Å². The van der Waals surface area contributed by atoms with Crippen molar-refractivity contribution in [3.8, 4) is 5.75 Å². The highest BCUT2D eigenvalue weighted by Crippen LogP contribution is 2.26. The number of benzene rings is 1. The van der Waals surface area contributed by atoms with Crippen molar-refractivity contribution in [1.29, 1.82) is 0 Å². The monoisotopic (exact) mass is 368 g/mol. The number of rotatable bonds is 7. The van der Waals surface area contributed by atoms with Crippen molar-refractivity contribution in [3.05, 3.63) is 29.8 Å². The van der Waals surface area contributed by atoms with Crippen molar-refractivity contribution in [2.75, 3.05) is 19.9 Å². The lowest BCUT2D eigenvalue weighted by atomic mass is 9.95. The molecule has 1 aromatic carbocycles. The Balaban J connectivity index is 2.05. The Labute approximate surface area is 150 Å². The number of carbonyl (C=O) groups is 1. The molecule has 1 aliphatic rings. The van der Waals surface area contributed by atoms with Crippen LogP contribution in [0.2, 0.25) is 0 Å². The molecule has 6 nitrogen and oxygen atoms in total. The molecule has 0 spiro atoms. The maximum Gasteiger partial charge on any atom is 0.235 e. The van der Waals surface area contributed by atoms with Crippen molar-refractivity contribution in [2.24, 2.45) is 0 Å². The van der Waals surface area contributed by atoms with Gasteiger partial charge in [0.2, 0.25) is 15.9 Å². The average Bonchev–Trinajstić information content (AvgIpc) is 2.59. The van der Waals surface area contributed by atoms with Crippen LogP contribution in [0.25, 0.3) is 0 Å². The van der Waals surface area contributed by atoms with Crippen LogP contribution in [0, 0.1) is 0 Å². The van der Waals surface area contributed by atoms with Crippen molar-refractivity contribution >= 4 is 15.9 Å².